The molecule has 5 aromatic heterocycles. The number of aromatic nitrogens is 4. The molecule has 0 saturated heterocycles. The van der Waals surface area contributed by atoms with Crippen LogP contribution in [0, 0.1) is 6.92 Å². The van der Waals surface area contributed by atoms with E-state index in [1.165, 1.54) is 149 Å². The molecule has 97 heavy (non-hydrogen) atoms. The van der Waals surface area contributed by atoms with E-state index in [1.807, 2.05) is 0 Å². The number of para-hydroxylation sites is 7. The molecule has 6 nitrogen and oxygen atoms in total. The third kappa shape index (κ3) is 7.72. The first-order chi connectivity index (χ1) is 48.1. The molecule has 3 aliphatic carbocycles. The van der Waals surface area contributed by atoms with Gasteiger partial charge in [0.25, 0.3) is 0 Å². The Morgan fingerprint density at radius 3 is 1.73 bits per heavy atom. The van der Waals surface area contributed by atoms with Crippen molar-refractivity contribution in [2.45, 2.75) is 44.6 Å². The standard InChI is InChI=1S/C91H64N6/c1-57-76(52-53-80-83(57)72-39-21-23-45-78(72)95(80)63-36-18-7-19-37-63)93(61-32-14-5-15-33-61)66-47-50-69-71-41-25-43-74-87-84(58-26-8-2-9-27-58)90-86(85(59-28-10-3-11-29-59)91(87)97(89(71)74)82(69)56-66)73-42-24-40-70-68-49-46-65(55-81(68)96(90)88(70)73)92(60-30-12-4-13-31-60)64-48-51-79-75(54-64)67-38-20-22-44-77(67)94(79)62-34-16-6-17-35-62/h3-8,10-20,22-38,40-56,85,91H,2,9,21,39H2,1H3. The minimum Gasteiger partial charge on any atom is -0.331 e. The Morgan fingerprint density at radius 2 is 0.979 bits per heavy atom. The highest BCUT2D eigenvalue weighted by Crippen LogP contribution is 2.63. The Bertz CT molecular complexity index is 6250. The number of rotatable bonds is 10. The van der Waals surface area contributed by atoms with Crippen molar-refractivity contribution in [3.63, 3.8) is 0 Å². The smallest absolute Gasteiger partial charge is 0.0715 e. The minimum atomic E-state index is -0.0846. The maximum Gasteiger partial charge on any atom is 0.0715 e. The fourth-order valence-corrected chi connectivity index (χ4v) is 18.0. The lowest BCUT2D eigenvalue weighted by molar-refractivity contribution is 0.593. The highest BCUT2D eigenvalue weighted by atomic mass is 15.2. The summed E-state index contributed by atoms with van der Waals surface area (Å²) >= 11 is 0. The number of fused-ring (bicyclic) bond motifs is 18. The third-order valence-corrected chi connectivity index (χ3v) is 21.9. The molecule has 6 heterocycles. The van der Waals surface area contributed by atoms with Gasteiger partial charge in [-0.05, 0) is 181 Å². The van der Waals surface area contributed by atoms with Crippen LogP contribution in [0.4, 0.5) is 34.1 Å². The zero-order chi connectivity index (χ0) is 63.6. The van der Waals surface area contributed by atoms with Gasteiger partial charge in [0.05, 0.1) is 50.4 Å². The highest BCUT2D eigenvalue weighted by Gasteiger charge is 2.47. The summed E-state index contributed by atoms with van der Waals surface area (Å²) in [5.74, 6) is -0.0592. The molecule has 2 unspecified atom stereocenters. The van der Waals surface area contributed by atoms with Crippen molar-refractivity contribution >= 4 is 133 Å². The Morgan fingerprint density at radius 1 is 0.402 bits per heavy atom. The summed E-state index contributed by atoms with van der Waals surface area (Å²) in [4.78, 5) is 5.00. The van der Waals surface area contributed by atoms with Crippen LogP contribution in [-0.4, -0.2) is 18.1 Å². The van der Waals surface area contributed by atoms with Crippen molar-refractivity contribution < 1.29 is 0 Å². The van der Waals surface area contributed by atoms with Gasteiger partial charge in [-0.2, -0.15) is 0 Å². The monoisotopic (exact) mass is 1240 g/mol. The molecule has 6 heteroatoms. The van der Waals surface area contributed by atoms with Crippen LogP contribution < -0.4 is 9.80 Å². The van der Waals surface area contributed by atoms with Crippen molar-refractivity contribution in [1.82, 2.24) is 18.1 Å². The van der Waals surface area contributed by atoms with E-state index in [0.717, 1.165) is 59.8 Å². The van der Waals surface area contributed by atoms with Crippen LogP contribution in [0.1, 0.15) is 70.4 Å². The number of benzene rings is 12. The van der Waals surface area contributed by atoms with E-state index in [2.05, 4.69) is 344 Å². The largest absolute Gasteiger partial charge is 0.331 e. The van der Waals surface area contributed by atoms with Crippen molar-refractivity contribution in [3.05, 3.63) is 348 Å². The average Bonchev–Trinajstić information content (AvgIpc) is 1.50. The van der Waals surface area contributed by atoms with E-state index >= 15 is 0 Å². The van der Waals surface area contributed by atoms with Crippen molar-refractivity contribution in [3.8, 4) is 11.4 Å². The summed E-state index contributed by atoms with van der Waals surface area (Å²) < 4.78 is 10.4. The molecule has 17 aromatic rings. The van der Waals surface area contributed by atoms with Gasteiger partial charge in [-0.15, -0.1) is 0 Å². The first kappa shape index (κ1) is 54.3. The number of hydrogen-bond acceptors (Lipinski definition) is 2. The molecular formula is C91H64N6. The van der Waals surface area contributed by atoms with E-state index < -0.39 is 0 Å². The van der Waals surface area contributed by atoms with Crippen LogP contribution in [0.25, 0.3) is 110 Å². The van der Waals surface area contributed by atoms with E-state index in [0.29, 0.717) is 0 Å². The van der Waals surface area contributed by atoms with Crippen molar-refractivity contribution in [2.24, 2.45) is 0 Å². The van der Waals surface area contributed by atoms with Crippen molar-refractivity contribution in [1.29, 1.82) is 0 Å². The summed E-state index contributed by atoms with van der Waals surface area (Å²) in [5, 5.41) is 10.2. The van der Waals surface area contributed by atoms with Gasteiger partial charge in [0.1, 0.15) is 0 Å². The molecular weight excluding hydrogens is 1180 g/mol. The molecule has 1 aliphatic heterocycles. The van der Waals surface area contributed by atoms with Gasteiger partial charge in [-0.25, -0.2) is 0 Å². The van der Waals surface area contributed by atoms with Gasteiger partial charge >= 0.3 is 0 Å². The van der Waals surface area contributed by atoms with Crippen LogP contribution >= 0.6 is 0 Å². The van der Waals surface area contributed by atoms with E-state index in [9.17, 15) is 0 Å². The predicted molar refractivity (Wildman–Crippen MR) is 406 cm³/mol. The molecule has 0 N–H and O–H groups in total. The Hall–Kier alpha value is -12.1. The number of nitrogens with zero attached hydrogens (tertiary/aromatic N) is 6. The predicted octanol–water partition coefficient (Wildman–Crippen LogP) is 23.9. The Kier molecular flexibility index (Phi) is 11.7. The van der Waals surface area contributed by atoms with E-state index in [4.69, 9.17) is 0 Å². The quantitative estimate of drug-likeness (QED) is 0.136. The minimum absolute atomic E-state index is 0.0592. The van der Waals surface area contributed by atoms with Crippen LogP contribution in [0.2, 0.25) is 0 Å². The lowest BCUT2D eigenvalue weighted by atomic mass is 9.71. The molecule has 12 aromatic carbocycles. The second-order valence-electron chi connectivity index (χ2n) is 26.8. The maximum absolute atomic E-state index is 2.80. The lowest BCUT2D eigenvalue weighted by Crippen LogP contribution is -2.23. The lowest BCUT2D eigenvalue weighted by Gasteiger charge is -2.36. The van der Waals surface area contributed by atoms with E-state index in [1.54, 1.807) is 0 Å². The van der Waals surface area contributed by atoms with Crippen LogP contribution in [0.3, 0.4) is 0 Å². The molecule has 0 bridgehead atoms. The molecule has 0 spiro atoms. The summed E-state index contributed by atoms with van der Waals surface area (Å²) in [6.45, 7) is 2.36. The number of allylic oxidation sites excluding steroid dienone is 7. The molecule has 0 saturated carbocycles. The normalized spacial score (nSPS) is 15.7. The summed E-state index contributed by atoms with van der Waals surface area (Å²) in [7, 11) is 0. The molecule has 21 rings (SSSR count). The van der Waals surface area contributed by atoms with Crippen LogP contribution in [0.15, 0.2) is 309 Å². The first-order valence-electron chi connectivity index (χ1n) is 34.4. The van der Waals surface area contributed by atoms with Gasteiger partial charge in [0, 0.05) is 111 Å². The maximum atomic E-state index is 2.80. The Balaban J connectivity index is 0.804. The number of hydrogen-bond donors (Lipinski definition) is 0. The van der Waals surface area contributed by atoms with Crippen LogP contribution in [-0.2, 0) is 6.42 Å². The molecule has 458 valence electrons. The van der Waals surface area contributed by atoms with Crippen molar-refractivity contribution in [2.75, 3.05) is 9.80 Å². The Labute approximate surface area is 561 Å². The number of anilines is 6. The zero-order valence-corrected chi connectivity index (χ0v) is 53.6. The summed E-state index contributed by atoms with van der Waals surface area (Å²) in [6.07, 6.45) is 16.1. The van der Waals surface area contributed by atoms with Gasteiger partial charge in [-0.1, -0.05) is 194 Å². The van der Waals surface area contributed by atoms with Gasteiger partial charge in [0.15, 0.2) is 0 Å². The molecule has 0 amide bonds. The van der Waals surface area contributed by atoms with Gasteiger partial charge in [0.2, 0.25) is 0 Å². The molecule has 4 aliphatic rings. The molecule has 0 fully saturated rings. The molecule has 0 radical (unpaired) electrons. The summed E-state index contributed by atoms with van der Waals surface area (Å²) in [6, 6.07) is 105. The first-order valence-corrected chi connectivity index (χ1v) is 34.4. The number of aryl methyl sites for hydroxylation is 2. The molecule has 2 atom stereocenters. The van der Waals surface area contributed by atoms with Crippen LogP contribution in [0.5, 0.6) is 0 Å². The fourth-order valence-electron chi connectivity index (χ4n) is 18.0. The second kappa shape index (κ2) is 20.9. The summed E-state index contributed by atoms with van der Waals surface area (Å²) in [5.41, 5.74) is 31.1. The highest BCUT2D eigenvalue weighted by molar-refractivity contribution is 6.23. The second-order valence-corrected chi connectivity index (χ2v) is 26.8. The third-order valence-electron chi connectivity index (χ3n) is 21.9. The zero-order valence-electron chi connectivity index (χ0n) is 53.6. The van der Waals surface area contributed by atoms with Gasteiger partial charge < -0.3 is 27.9 Å². The van der Waals surface area contributed by atoms with E-state index in [-0.39, 0.29) is 12.0 Å². The SMILES string of the molecule is Cc1c(N(c2ccccc2)c2ccc3c4cccc5c4n(c3c2)C2C5=C(C3=CCCC=C3)c3c(c4cccc5c6ccc(N(c7ccccc7)c7ccc8c(c7)c7ccccc7n8-c7ccccc7)cc6n3c45)C2c2ccccc2)ccc2c1c1c(n2-c2ccccc2)C=CCC1. The topological polar surface area (TPSA) is 25.7 Å². The van der Waals surface area contributed by atoms with Gasteiger partial charge in [-0.3, -0.25) is 0 Å². The average molecular weight is 1240 g/mol. The fraction of sp³-hybridized carbons (Fsp3) is 0.0769.